The van der Waals surface area contributed by atoms with Crippen LogP contribution in [0.15, 0.2) is 91.0 Å². The van der Waals surface area contributed by atoms with Crippen molar-refractivity contribution in [3.63, 3.8) is 0 Å². The molecule has 1 atom stereocenters. The zero-order valence-electron chi connectivity index (χ0n) is 22.8. The number of hydrogen-bond donors (Lipinski definition) is 1. The standard InChI is InChI=1S/C30H37NO7S/c1-29(2,3)37-28(32)31-22-27(38-39(4,33)34)23-35-20-21-36-30(24-14-8-5-9-15-24,25-16-10-6-11-17-25)26-18-12-7-13-19-26/h5-19,27H,20-23H2,1-4H3,(H,31,32)/t27-/m1/s1. The first-order valence-electron chi connectivity index (χ1n) is 12.7. The quantitative estimate of drug-likeness (QED) is 0.182. The van der Waals surface area contributed by atoms with Crippen LogP contribution in [0.3, 0.4) is 0 Å². The molecule has 8 nitrogen and oxygen atoms in total. The zero-order chi connectivity index (χ0) is 28.4. The second-order valence-corrected chi connectivity index (χ2v) is 11.6. The summed E-state index contributed by atoms with van der Waals surface area (Å²) < 4.78 is 46.3. The van der Waals surface area contributed by atoms with Crippen molar-refractivity contribution in [2.24, 2.45) is 0 Å². The van der Waals surface area contributed by atoms with Gasteiger partial charge in [0, 0.05) is 0 Å². The Hall–Kier alpha value is -3.24. The number of rotatable bonds is 13. The molecule has 0 unspecified atom stereocenters. The van der Waals surface area contributed by atoms with Gasteiger partial charge in [-0.05, 0) is 37.5 Å². The number of carbonyl (C=O) groups is 1. The van der Waals surface area contributed by atoms with Gasteiger partial charge in [0.2, 0.25) is 0 Å². The molecule has 3 aromatic carbocycles. The molecule has 0 aliphatic heterocycles. The summed E-state index contributed by atoms with van der Waals surface area (Å²) in [7, 11) is -3.78. The van der Waals surface area contributed by atoms with Crippen molar-refractivity contribution in [2.45, 2.75) is 38.1 Å². The molecule has 0 saturated heterocycles. The lowest BCUT2D eigenvalue weighted by Crippen LogP contribution is -2.40. The first kappa shape index (κ1) is 30.3. The van der Waals surface area contributed by atoms with E-state index in [1.807, 2.05) is 91.0 Å². The SMILES string of the molecule is CC(C)(C)OC(=O)NC[C@H](COCCOC(c1ccccc1)(c1ccccc1)c1ccccc1)OS(C)(=O)=O. The van der Waals surface area contributed by atoms with Gasteiger partial charge in [-0.3, -0.25) is 4.18 Å². The number of nitrogens with one attached hydrogen (secondary N) is 1. The fraction of sp³-hybridized carbons (Fsp3) is 0.367. The highest BCUT2D eigenvalue weighted by Crippen LogP contribution is 2.40. The number of carbonyl (C=O) groups excluding carboxylic acids is 1. The number of alkyl carbamates (subject to hydrolysis) is 1. The minimum atomic E-state index is -3.78. The van der Waals surface area contributed by atoms with E-state index in [0.717, 1.165) is 22.9 Å². The maximum absolute atomic E-state index is 12.0. The molecular formula is C30H37NO7S. The minimum absolute atomic E-state index is 0.0821. The molecule has 0 saturated carbocycles. The highest BCUT2D eigenvalue weighted by atomic mass is 32.2. The van der Waals surface area contributed by atoms with Crippen LogP contribution >= 0.6 is 0 Å². The van der Waals surface area contributed by atoms with Gasteiger partial charge in [-0.25, -0.2) is 4.79 Å². The molecule has 0 aromatic heterocycles. The largest absolute Gasteiger partial charge is 0.444 e. The number of amides is 1. The summed E-state index contributed by atoms with van der Waals surface area (Å²) in [6, 6.07) is 29.9. The van der Waals surface area contributed by atoms with Gasteiger partial charge < -0.3 is 19.5 Å². The summed E-state index contributed by atoms with van der Waals surface area (Å²) in [6.45, 7) is 5.38. The van der Waals surface area contributed by atoms with E-state index in [9.17, 15) is 13.2 Å². The normalized spacial score (nSPS) is 13.0. The summed E-state index contributed by atoms with van der Waals surface area (Å²) >= 11 is 0. The summed E-state index contributed by atoms with van der Waals surface area (Å²) in [5.41, 5.74) is 1.30. The van der Waals surface area contributed by atoms with Crippen molar-refractivity contribution in [3.05, 3.63) is 108 Å². The van der Waals surface area contributed by atoms with Crippen LogP contribution in [0.5, 0.6) is 0 Å². The lowest BCUT2D eigenvalue weighted by atomic mass is 9.80. The molecule has 0 fully saturated rings. The van der Waals surface area contributed by atoms with Crippen molar-refractivity contribution in [1.29, 1.82) is 0 Å². The van der Waals surface area contributed by atoms with Crippen LogP contribution in [0, 0.1) is 0 Å². The molecule has 0 bridgehead atoms. The molecule has 9 heteroatoms. The second-order valence-electron chi connectivity index (χ2n) is 10.0. The molecular weight excluding hydrogens is 518 g/mol. The van der Waals surface area contributed by atoms with Gasteiger partial charge in [0.1, 0.15) is 17.3 Å². The Bertz CT molecular complexity index is 1160. The molecule has 0 aliphatic rings. The van der Waals surface area contributed by atoms with Crippen LogP contribution in [-0.2, 0) is 34.1 Å². The number of benzene rings is 3. The molecule has 0 heterocycles. The molecule has 3 rings (SSSR count). The van der Waals surface area contributed by atoms with Gasteiger partial charge in [-0.2, -0.15) is 8.42 Å². The summed E-state index contributed by atoms with van der Waals surface area (Å²) in [5.74, 6) is 0. The predicted molar refractivity (Wildman–Crippen MR) is 150 cm³/mol. The Labute approximate surface area is 231 Å². The van der Waals surface area contributed by atoms with Gasteiger partial charge in [0.05, 0.1) is 32.6 Å². The minimum Gasteiger partial charge on any atom is -0.444 e. The average Bonchev–Trinajstić information content (AvgIpc) is 2.89. The third-order valence-electron chi connectivity index (χ3n) is 5.57. The fourth-order valence-electron chi connectivity index (χ4n) is 4.12. The molecule has 1 N–H and O–H groups in total. The number of ether oxygens (including phenoxy) is 3. The van der Waals surface area contributed by atoms with Gasteiger partial charge in [0.25, 0.3) is 10.1 Å². The second kappa shape index (κ2) is 13.7. The maximum atomic E-state index is 12.0. The first-order chi connectivity index (χ1) is 18.5. The van der Waals surface area contributed by atoms with Crippen molar-refractivity contribution in [2.75, 3.05) is 32.6 Å². The smallest absolute Gasteiger partial charge is 0.407 e. The molecule has 1 amide bonds. The Morgan fingerprint density at radius 1 is 0.795 bits per heavy atom. The van der Waals surface area contributed by atoms with Crippen LogP contribution in [0.1, 0.15) is 37.5 Å². The highest BCUT2D eigenvalue weighted by molar-refractivity contribution is 7.86. The Kier molecular flexibility index (Phi) is 10.7. The van der Waals surface area contributed by atoms with Crippen molar-refractivity contribution >= 4 is 16.2 Å². The van der Waals surface area contributed by atoms with E-state index in [4.69, 9.17) is 18.4 Å². The average molecular weight is 556 g/mol. The lowest BCUT2D eigenvalue weighted by molar-refractivity contribution is -0.0354. The maximum Gasteiger partial charge on any atom is 0.407 e. The third kappa shape index (κ3) is 9.47. The van der Waals surface area contributed by atoms with Crippen molar-refractivity contribution in [3.8, 4) is 0 Å². The van der Waals surface area contributed by atoms with Crippen molar-refractivity contribution in [1.82, 2.24) is 5.32 Å². The molecule has 0 aliphatic carbocycles. The molecule has 0 spiro atoms. The van der Waals surface area contributed by atoms with E-state index in [2.05, 4.69) is 5.32 Å². The predicted octanol–water partition coefficient (Wildman–Crippen LogP) is 4.88. The van der Waals surface area contributed by atoms with E-state index in [1.165, 1.54) is 0 Å². The Morgan fingerprint density at radius 3 is 1.67 bits per heavy atom. The van der Waals surface area contributed by atoms with E-state index < -0.39 is 33.5 Å². The number of hydrogen-bond acceptors (Lipinski definition) is 7. The molecule has 210 valence electrons. The molecule has 3 aromatic rings. The van der Waals surface area contributed by atoms with Crippen LogP contribution < -0.4 is 5.32 Å². The topological polar surface area (TPSA) is 100 Å². The van der Waals surface area contributed by atoms with Crippen LogP contribution in [0.25, 0.3) is 0 Å². The Morgan fingerprint density at radius 2 is 1.26 bits per heavy atom. The van der Waals surface area contributed by atoms with E-state index in [0.29, 0.717) is 0 Å². The highest BCUT2D eigenvalue weighted by Gasteiger charge is 2.37. The molecule has 39 heavy (non-hydrogen) atoms. The summed E-state index contributed by atoms with van der Waals surface area (Å²) in [6.07, 6.45) is -0.661. The van der Waals surface area contributed by atoms with Crippen LogP contribution in [-0.4, -0.2) is 58.8 Å². The van der Waals surface area contributed by atoms with Gasteiger partial charge in [-0.1, -0.05) is 91.0 Å². The fourth-order valence-corrected chi connectivity index (χ4v) is 4.73. The first-order valence-corrected chi connectivity index (χ1v) is 14.5. The summed E-state index contributed by atoms with van der Waals surface area (Å²) in [5, 5.41) is 2.53. The van der Waals surface area contributed by atoms with E-state index >= 15 is 0 Å². The van der Waals surface area contributed by atoms with E-state index in [1.54, 1.807) is 20.8 Å². The lowest BCUT2D eigenvalue weighted by Gasteiger charge is -2.36. The summed E-state index contributed by atoms with van der Waals surface area (Å²) in [4.78, 5) is 12.0. The van der Waals surface area contributed by atoms with Crippen molar-refractivity contribution < 1.29 is 31.6 Å². The van der Waals surface area contributed by atoms with Crippen LogP contribution in [0.4, 0.5) is 4.79 Å². The molecule has 0 radical (unpaired) electrons. The zero-order valence-corrected chi connectivity index (χ0v) is 23.6. The van der Waals surface area contributed by atoms with Gasteiger partial charge >= 0.3 is 6.09 Å². The third-order valence-corrected chi connectivity index (χ3v) is 6.20. The van der Waals surface area contributed by atoms with Crippen LogP contribution in [0.2, 0.25) is 0 Å². The van der Waals surface area contributed by atoms with Gasteiger partial charge in [0.15, 0.2) is 0 Å². The monoisotopic (exact) mass is 555 g/mol. The van der Waals surface area contributed by atoms with Gasteiger partial charge in [-0.15, -0.1) is 0 Å². The van der Waals surface area contributed by atoms with E-state index in [-0.39, 0.29) is 26.4 Å². The Balaban J connectivity index is 1.72.